The molecule has 0 radical (unpaired) electrons. The number of fused-ring (bicyclic) bond motifs is 1. The minimum absolute atomic E-state index is 0.247. The Hall–Kier alpha value is -3.52. The first-order chi connectivity index (χ1) is 13.6. The number of nitrogens with zero attached hydrogens (tertiary/aromatic N) is 6. The zero-order valence-corrected chi connectivity index (χ0v) is 15.9. The van der Waals surface area contributed by atoms with Gasteiger partial charge in [-0.2, -0.15) is 14.9 Å². The second kappa shape index (κ2) is 7.24. The summed E-state index contributed by atoms with van der Waals surface area (Å²) >= 11 is 6.10. The van der Waals surface area contributed by atoms with E-state index in [4.69, 9.17) is 11.6 Å². The van der Waals surface area contributed by atoms with E-state index in [1.165, 1.54) is 12.4 Å². The summed E-state index contributed by atoms with van der Waals surface area (Å²) in [4.78, 5) is 20.7. The third-order valence-electron chi connectivity index (χ3n) is 4.00. The Balaban J connectivity index is 1.84. The summed E-state index contributed by atoms with van der Waals surface area (Å²) in [6.07, 6.45) is 6.22. The summed E-state index contributed by atoms with van der Waals surface area (Å²) in [5.74, 6) is 0.779. The number of aryl methyl sites for hydroxylation is 1. The summed E-state index contributed by atoms with van der Waals surface area (Å²) in [7, 11) is 0. The van der Waals surface area contributed by atoms with Crippen LogP contribution < -0.4 is 5.32 Å². The highest BCUT2D eigenvalue weighted by molar-refractivity contribution is 6.30. The molecule has 3 heterocycles. The van der Waals surface area contributed by atoms with Gasteiger partial charge in [0.05, 0.1) is 23.0 Å². The second-order valence-electron chi connectivity index (χ2n) is 6.04. The standard InChI is InChI=1S/C19H16ClN7O/c1-3-5-17(28)24-16-8-12(2)25-27(16)19-15-10-23-26(18(15)21-11-22-19)14-7-4-6-13(20)9-14/h3-11H,1-2H3,(H,24,28)/b5-3+. The predicted molar refractivity (Wildman–Crippen MR) is 107 cm³/mol. The summed E-state index contributed by atoms with van der Waals surface area (Å²) in [6.45, 7) is 3.62. The molecule has 1 amide bonds. The van der Waals surface area contributed by atoms with Crippen LogP contribution in [0, 0.1) is 6.92 Å². The Labute approximate surface area is 165 Å². The number of hydrogen-bond acceptors (Lipinski definition) is 5. The van der Waals surface area contributed by atoms with E-state index >= 15 is 0 Å². The molecule has 0 aliphatic heterocycles. The molecule has 1 aromatic carbocycles. The summed E-state index contributed by atoms with van der Waals surface area (Å²) in [6, 6.07) is 9.11. The molecule has 0 unspecified atom stereocenters. The van der Waals surface area contributed by atoms with Crippen molar-refractivity contribution < 1.29 is 4.79 Å². The number of benzene rings is 1. The topological polar surface area (TPSA) is 90.5 Å². The van der Waals surface area contributed by atoms with E-state index in [2.05, 4.69) is 25.5 Å². The Morgan fingerprint density at radius 2 is 2.07 bits per heavy atom. The third-order valence-corrected chi connectivity index (χ3v) is 4.23. The van der Waals surface area contributed by atoms with Gasteiger partial charge in [0.25, 0.3) is 0 Å². The lowest BCUT2D eigenvalue weighted by molar-refractivity contribution is -0.111. The number of rotatable bonds is 4. The summed E-state index contributed by atoms with van der Waals surface area (Å²) in [5, 5.41) is 13.0. The van der Waals surface area contributed by atoms with Crippen molar-refractivity contribution in [3.8, 4) is 11.5 Å². The minimum atomic E-state index is -0.247. The van der Waals surface area contributed by atoms with Crippen molar-refractivity contribution in [2.24, 2.45) is 0 Å². The van der Waals surface area contributed by atoms with Crippen molar-refractivity contribution in [2.45, 2.75) is 13.8 Å². The van der Waals surface area contributed by atoms with Gasteiger partial charge in [0.1, 0.15) is 12.1 Å². The minimum Gasteiger partial charge on any atom is -0.307 e. The van der Waals surface area contributed by atoms with Crippen molar-refractivity contribution in [1.29, 1.82) is 0 Å². The molecule has 4 rings (SSSR count). The van der Waals surface area contributed by atoms with E-state index in [-0.39, 0.29) is 5.91 Å². The number of nitrogens with one attached hydrogen (secondary N) is 1. The third kappa shape index (κ3) is 3.25. The molecule has 0 aliphatic carbocycles. The van der Waals surface area contributed by atoms with Crippen molar-refractivity contribution >= 4 is 34.4 Å². The highest BCUT2D eigenvalue weighted by Gasteiger charge is 2.17. The maximum atomic E-state index is 12.0. The van der Waals surface area contributed by atoms with Gasteiger partial charge < -0.3 is 5.32 Å². The largest absolute Gasteiger partial charge is 0.307 e. The quantitative estimate of drug-likeness (QED) is 0.536. The number of carbonyl (C=O) groups is 1. The SMILES string of the molecule is C/C=C/C(=O)Nc1cc(C)nn1-c1ncnc2c1cnn2-c1cccc(Cl)c1. The molecule has 0 aliphatic rings. The molecule has 140 valence electrons. The van der Waals surface area contributed by atoms with E-state index < -0.39 is 0 Å². The molecule has 0 atom stereocenters. The van der Waals surface area contributed by atoms with E-state index in [1.54, 1.807) is 46.8 Å². The molecule has 4 aromatic rings. The number of halogens is 1. The van der Waals surface area contributed by atoms with Crippen LogP contribution >= 0.6 is 11.6 Å². The monoisotopic (exact) mass is 393 g/mol. The van der Waals surface area contributed by atoms with Crippen LogP contribution in [0.5, 0.6) is 0 Å². The summed E-state index contributed by atoms with van der Waals surface area (Å²) < 4.78 is 3.26. The fourth-order valence-corrected chi connectivity index (χ4v) is 3.05. The average molecular weight is 394 g/mol. The van der Waals surface area contributed by atoms with Crippen LogP contribution in [0.1, 0.15) is 12.6 Å². The van der Waals surface area contributed by atoms with Gasteiger partial charge in [-0.25, -0.2) is 14.6 Å². The molecule has 0 saturated carbocycles. The highest BCUT2D eigenvalue weighted by Crippen LogP contribution is 2.25. The maximum absolute atomic E-state index is 12.0. The van der Waals surface area contributed by atoms with Crippen molar-refractivity contribution in [3.63, 3.8) is 0 Å². The zero-order chi connectivity index (χ0) is 19.7. The molecule has 0 bridgehead atoms. The highest BCUT2D eigenvalue weighted by atomic mass is 35.5. The van der Waals surface area contributed by atoms with Crippen LogP contribution in [0.2, 0.25) is 5.02 Å². The predicted octanol–water partition coefficient (Wildman–Crippen LogP) is 3.48. The van der Waals surface area contributed by atoms with Gasteiger partial charge in [0, 0.05) is 11.1 Å². The maximum Gasteiger partial charge on any atom is 0.249 e. The number of amides is 1. The number of anilines is 1. The molecule has 9 heteroatoms. The molecular formula is C19H16ClN7O. The lowest BCUT2D eigenvalue weighted by atomic mass is 10.3. The molecule has 8 nitrogen and oxygen atoms in total. The summed E-state index contributed by atoms with van der Waals surface area (Å²) in [5.41, 5.74) is 2.13. The first-order valence-corrected chi connectivity index (χ1v) is 8.90. The first-order valence-electron chi connectivity index (χ1n) is 8.52. The van der Waals surface area contributed by atoms with Crippen LogP contribution in [0.3, 0.4) is 0 Å². The van der Waals surface area contributed by atoms with Crippen LogP contribution in [-0.4, -0.2) is 35.4 Å². The van der Waals surface area contributed by atoms with Crippen LogP contribution in [0.25, 0.3) is 22.5 Å². The van der Waals surface area contributed by atoms with Gasteiger partial charge in [-0.05, 0) is 38.1 Å². The number of hydrogen-bond donors (Lipinski definition) is 1. The van der Waals surface area contributed by atoms with Gasteiger partial charge >= 0.3 is 0 Å². The van der Waals surface area contributed by atoms with E-state index in [1.807, 2.05) is 19.1 Å². The number of aromatic nitrogens is 6. The van der Waals surface area contributed by atoms with E-state index in [9.17, 15) is 4.79 Å². The fourth-order valence-electron chi connectivity index (χ4n) is 2.87. The van der Waals surface area contributed by atoms with E-state index in [0.717, 1.165) is 11.4 Å². The van der Waals surface area contributed by atoms with Crippen molar-refractivity contribution in [2.75, 3.05) is 5.32 Å². The molecule has 3 aromatic heterocycles. The average Bonchev–Trinajstić information content (AvgIpc) is 3.25. The van der Waals surface area contributed by atoms with Crippen LogP contribution in [-0.2, 0) is 4.79 Å². The van der Waals surface area contributed by atoms with Crippen molar-refractivity contribution in [3.05, 3.63) is 65.7 Å². The fraction of sp³-hybridized carbons (Fsp3) is 0.105. The smallest absolute Gasteiger partial charge is 0.249 e. The lowest BCUT2D eigenvalue weighted by Gasteiger charge is -2.08. The normalized spacial score (nSPS) is 11.4. The number of carbonyl (C=O) groups excluding carboxylic acids is 1. The van der Waals surface area contributed by atoms with E-state index in [0.29, 0.717) is 27.7 Å². The van der Waals surface area contributed by atoms with Gasteiger partial charge in [0.2, 0.25) is 5.91 Å². The molecule has 0 saturated heterocycles. The Morgan fingerprint density at radius 1 is 1.21 bits per heavy atom. The van der Waals surface area contributed by atoms with Gasteiger partial charge in [-0.3, -0.25) is 4.79 Å². The Morgan fingerprint density at radius 3 is 2.86 bits per heavy atom. The van der Waals surface area contributed by atoms with Gasteiger partial charge in [-0.1, -0.05) is 23.7 Å². The van der Waals surface area contributed by atoms with Crippen LogP contribution in [0.15, 0.2) is 55.0 Å². The van der Waals surface area contributed by atoms with Gasteiger partial charge in [-0.15, -0.1) is 0 Å². The lowest BCUT2D eigenvalue weighted by Crippen LogP contribution is -2.13. The van der Waals surface area contributed by atoms with Gasteiger partial charge in [0.15, 0.2) is 11.5 Å². The first kappa shape index (κ1) is 17.9. The molecule has 0 fully saturated rings. The molecule has 28 heavy (non-hydrogen) atoms. The second-order valence-corrected chi connectivity index (χ2v) is 6.48. The molecule has 0 spiro atoms. The van der Waals surface area contributed by atoms with Crippen molar-refractivity contribution in [1.82, 2.24) is 29.5 Å². The van der Waals surface area contributed by atoms with Crippen LogP contribution in [0.4, 0.5) is 5.82 Å². The zero-order valence-electron chi connectivity index (χ0n) is 15.2. The Bertz CT molecular complexity index is 1210. The number of allylic oxidation sites excluding steroid dienone is 1. The molecule has 1 N–H and O–H groups in total. The molecular weight excluding hydrogens is 378 g/mol. The Kier molecular flexibility index (Phi) is 4.62.